The molecule has 0 bridgehead atoms. The van der Waals surface area contributed by atoms with Gasteiger partial charge in [-0.05, 0) is 12.8 Å². The maximum Gasteiger partial charge on any atom is 0.188 e. The van der Waals surface area contributed by atoms with Crippen LogP contribution < -0.4 is 0 Å². The zero-order valence-electron chi connectivity index (χ0n) is 10.9. The van der Waals surface area contributed by atoms with Gasteiger partial charge in [-0.25, -0.2) is 0 Å². The van der Waals surface area contributed by atoms with Gasteiger partial charge in [-0.15, -0.1) is 0 Å². The third-order valence-corrected chi connectivity index (χ3v) is 4.05. The predicted octanol–water partition coefficient (Wildman–Crippen LogP) is 2.95. The van der Waals surface area contributed by atoms with Crippen LogP contribution in [0.25, 0.3) is 0 Å². The Morgan fingerprint density at radius 3 is 2.83 bits per heavy atom. The molecular weight excluding hydrogens is 252 g/mol. The molecule has 5 heteroatoms. The monoisotopic (exact) mass is 270 g/mol. The predicted molar refractivity (Wildman–Crippen MR) is 70.0 cm³/mol. The highest BCUT2D eigenvalue weighted by atomic mass is 35.5. The standard InChI is InChI=1S/C13H19ClN2O2/c1-13(5-3-4-6-13)12(17)11-10(14)9-15-16(11)7-8-18-2/h9H,3-8H2,1-2H3. The quantitative estimate of drug-likeness (QED) is 0.773. The van der Waals surface area contributed by atoms with Crippen LogP contribution >= 0.6 is 11.6 Å². The van der Waals surface area contributed by atoms with Gasteiger partial charge >= 0.3 is 0 Å². The largest absolute Gasteiger partial charge is 0.383 e. The molecule has 1 aliphatic carbocycles. The smallest absolute Gasteiger partial charge is 0.188 e. The summed E-state index contributed by atoms with van der Waals surface area (Å²) in [6.45, 7) is 3.11. The van der Waals surface area contributed by atoms with Crippen LogP contribution in [0.5, 0.6) is 0 Å². The molecule has 0 aliphatic heterocycles. The van der Waals surface area contributed by atoms with E-state index in [9.17, 15) is 4.79 Å². The zero-order chi connectivity index (χ0) is 13.2. The Labute approximate surface area is 112 Å². The molecular formula is C13H19ClN2O2. The van der Waals surface area contributed by atoms with Gasteiger partial charge in [0.2, 0.25) is 0 Å². The normalized spacial score (nSPS) is 18.2. The number of ketones is 1. The number of rotatable bonds is 5. The van der Waals surface area contributed by atoms with Crippen molar-refractivity contribution in [2.45, 2.75) is 39.2 Å². The molecule has 100 valence electrons. The van der Waals surface area contributed by atoms with E-state index in [-0.39, 0.29) is 11.2 Å². The summed E-state index contributed by atoms with van der Waals surface area (Å²) in [6, 6.07) is 0. The lowest BCUT2D eigenvalue weighted by Crippen LogP contribution is -2.27. The van der Waals surface area contributed by atoms with Crippen LogP contribution in [0.4, 0.5) is 0 Å². The minimum Gasteiger partial charge on any atom is -0.383 e. The van der Waals surface area contributed by atoms with Crippen LogP contribution in [0.15, 0.2) is 6.20 Å². The van der Waals surface area contributed by atoms with Crippen LogP contribution in [0.3, 0.4) is 0 Å². The average molecular weight is 271 g/mol. The van der Waals surface area contributed by atoms with Crippen LogP contribution in [0.1, 0.15) is 43.1 Å². The van der Waals surface area contributed by atoms with E-state index < -0.39 is 0 Å². The van der Waals surface area contributed by atoms with Crippen molar-refractivity contribution in [3.63, 3.8) is 0 Å². The van der Waals surface area contributed by atoms with E-state index in [2.05, 4.69) is 5.10 Å². The number of ether oxygens (including phenoxy) is 1. The van der Waals surface area contributed by atoms with E-state index in [4.69, 9.17) is 16.3 Å². The molecule has 0 N–H and O–H groups in total. The fourth-order valence-electron chi connectivity index (χ4n) is 2.60. The van der Waals surface area contributed by atoms with Gasteiger partial charge in [0, 0.05) is 12.5 Å². The van der Waals surface area contributed by atoms with E-state index >= 15 is 0 Å². The maximum atomic E-state index is 12.6. The number of halogens is 1. The van der Waals surface area contributed by atoms with Crippen molar-refractivity contribution < 1.29 is 9.53 Å². The minimum atomic E-state index is -0.269. The van der Waals surface area contributed by atoms with E-state index in [1.165, 1.54) is 0 Å². The number of hydrogen-bond donors (Lipinski definition) is 0. The lowest BCUT2D eigenvalue weighted by Gasteiger charge is -2.22. The molecule has 0 amide bonds. The van der Waals surface area contributed by atoms with Crippen LogP contribution in [0.2, 0.25) is 5.02 Å². The first-order valence-corrected chi connectivity index (χ1v) is 6.71. The Morgan fingerprint density at radius 2 is 2.22 bits per heavy atom. The fraction of sp³-hybridized carbons (Fsp3) is 0.692. The number of nitrogens with zero attached hydrogens (tertiary/aromatic N) is 2. The summed E-state index contributed by atoms with van der Waals surface area (Å²) in [5.74, 6) is 0.124. The number of carbonyl (C=O) groups excluding carboxylic acids is 1. The van der Waals surface area contributed by atoms with Crippen molar-refractivity contribution in [1.29, 1.82) is 0 Å². The number of carbonyl (C=O) groups is 1. The van der Waals surface area contributed by atoms with E-state index in [1.807, 2.05) is 6.92 Å². The average Bonchev–Trinajstić information content (AvgIpc) is 2.93. The first-order valence-electron chi connectivity index (χ1n) is 6.33. The molecule has 1 aromatic rings. The summed E-state index contributed by atoms with van der Waals surface area (Å²) in [7, 11) is 1.63. The van der Waals surface area contributed by atoms with Gasteiger partial charge in [-0.2, -0.15) is 5.10 Å². The number of hydrogen-bond acceptors (Lipinski definition) is 3. The second-order valence-electron chi connectivity index (χ2n) is 5.15. The molecule has 2 rings (SSSR count). The van der Waals surface area contributed by atoms with Crippen molar-refractivity contribution >= 4 is 17.4 Å². The molecule has 0 radical (unpaired) electrons. The number of methoxy groups -OCH3 is 1. The summed E-state index contributed by atoms with van der Waals surface area (Å²) in [5.41, 5.74) is 0.271. The van der Waals surface area contributed by atoms with Gasteiger partial charge in [-0.1, -0.05) is 31.4 Å². The Hall–Kier alpha value is -0.870. The van der Waals surface area contributed by atoms with Gasteiger partial charge in [0.1, 0.15) is 5.69 Å². The molecule has 0 atom stereocenters. The Kier molecular flexibility index (Phi) is 4.07. The SMILES string of the molecule is COCCn1ncc(Cl)c1C(=O)C1(C)CCCC1. The van der Waals surface area contributed by atoms with Crippen molar-refractivity contribution in [2.75, 3.05) is 13.7 Å². The Morgan fingerprint density at radius 1 is 1.56 bits per heavy atom. The molecule has 1 aromatic heterocycles. The molecule has 1 fully saturated rings. The molecule has 0 saturated heterocycles. The van der Waals surface area contributed by atoms with E-state index in [1.54, 1.807) is 18.0 Å². The molecule has 4 nitrogen and oxygen atoms in total. The second-order valence-corrected chi connectivity index (χ2v) is 5.56. The molecule has 0 aromatic carbocycles. The highest BCUT2D eigenvalue weighted by molar-refractivity contribution is 6.33. The first-order chi connectivity index (χ1) is 8.58. The highest BCUT2D eigenvalue weighted by Gasteiger charge is 2.39. The van der Waals surface area contributed by atoms with Gasteiger partial charge in [0.05, 0.1) is 24.4 Å². The van der Waals surface area contributed by atoms with Gasteiger partial charge in [0.15, 0.2) is 5.78 Å². The van der Waals surface area contributed by atoms with Crippen molar-refractivity contribution in [2.24, 2.45) is 5.41 Å². The highest BCUT2D eigenvalue weighted by Crippen LogP contribution is 2.41. The molecule has 1 heterocycles. The molecule has 18 heavy (non-hydrogen) atoms. The van der Waals surface area contributed by atoms with Crippen LogP contribution in [-0.4, -0.2) is 29.3 Å². The van der Waals surface area contributed by atoms with Crippen molar-refractivity contribution in [1.82, 2.24) is 9.78 Å². The lowest BCUT2D eigenvalue weighted by molar-refractivity contribution is 0.0808. The molecule has 0 spiro atoms. The summed E-state index contributed by atoms with van der Waals surface area (Å²) in [4.78, 5) is 12.6. The van der Waals surface area contributed by atoms with Crippen molar-refractivity contribution in [3.05, 3.63) is 16.9 Å². The maximum absolute atomic E-state index is 12.6. The van der Waals surface area contributed by atoms with Crippen molar-refractivity contribution in [3.8, 4) is 0 Å². The molecule has 0 unspecified atom stereocenters. The van der Waals surface area contributed by atoms with E-state index in [0.29, 0.717) is 23.9 Å². The summed E-state index contributed by atoms with van der Waals surface area (Å²) in [6.07, 6.45) is 5.66. The Bertz CT molecular complexity index is 436. The third kappa shape index (κ3) is 2.45. The third-order valence-electron chi connectivity index (χ3n) is 3.77. The van der Waals surface area contributed by atoms with Gasteiger partial charge in [-0.3, -0.25) is 9.48 Å². The lowest BCUT2D eigenvalue weighted by atomic mass is 9.82. The van der Waals surface area contributed by atoms with Crippen LogP contribution in [0, 0.1) is 5.41 Å². The number of aromatic nitrogens is 2. The van der Waals surface area contributed by atoms with Gasteiger partial charge in [0.25, 0.3) is 0 Å². The summed E-state index contributed by atoms with van der Waals surface area (Å²) >= 11 is 6.11. The molecule has 1 saturated carbocycles. The van der Waals surface area contributed by atoms with Gasteiger partial charge < -0.3 is 4.74 Å². The van der Waals surface area contributed by atoms with Crippen LogP contribution in [-0.2, 0) is 11.3 Å². The zero-order valence-corrected chi connectivity index (χ0v) is 11.7. The number of Topliss-reactive ketones (excluding diaryl/α,β-unsaturated/α-hetero) is 1. The Balaban J connectivity index is 2.26. The second kappa shape index (κ2) is 5.41. The summed E-state index contributed by atoms with van der Waals surface area (Å²) in [5, 5.41) is 4.61. The molecule has 1 aliphatic rings. The summed E-state index contributed by atoms with van der Waals surface area (Å²) < 4.78 is 6.69. The minimum absolute atomic E-state index is 0.124. The van der Waals surface area contributed by atoms with E-state index in [0.717, 1.165) is 25.7 Å². The topological polar surface area (TPSA) is 44.1 Å². The first kappa shape index (κ1) is 13.6. The fourth-order valence-corrected chi connectivity index (χ4v) is 2.83.